The second-order valence-corrected chi connectivity index (χ2v) is 3.28. The van der Waals surface area contributed by atoms with Crippen LogP contribution in [0.1, 0.15) is 18.1 Å². The minimum atomic E-state index is 0.704. The molecular formula is C12H11N3. The topological polar surface area (TPSA) is 41.6 Å². The van der Waals surface area contributed by atoms with Crippen molar-refractivity contribution in [3.05, 3.63) is 48.0 Å². The third-order valence-corrected chi connectivity index (χ3v) is 2.37. The minimum absolute atomic E-state index is 0.704. The predicted octanol–water partition coefficient (Wildman–Crippen LogP) is 2.31. The zero-order chi connectivity index (χ0) is 10.7. The second-order valence-electron chi connectivity index (χ2n) is 3.28. The van der Waals surface area contributed by atoms with Crippen molar-refractivity contribution in [2.24, 2.45) is 0 Å². The third-order valence-electron chi connectivity index (χ3n) is 2.37. The Labute approximate surface area is 88.6 Å². The molecule has 0 aliphatic carbocycles. The van der Waals surface area contributed by atoms with Gasteiger partial charge in [0.2, 0.25) is 0 Å². The van der Waals surface area contributed by atoms with Gasteiger partial charge in [-0.15, -0.1) is 0 Å². The van der Waals surface area contributed by atoms with Crippen molar-refractivity contribution >= 4 is 0 Å². The van der Waals surface area contributed by atoms with E-state index >= 15 is 0 Å². The van der Waals surface area contributed by atoms with E-state index < -0.39 is 0 Å². The maximum atomic E-state index is 8.81. The molecule has 0 saturated carbocycles. The Balaban J connectivity index is 2.54. The summed E-state index contributed by atoms with van der Waals surface area (Å²) in [6, 6.07) is 7.86. The zero-order valence-electron chi connectivity index (χ0n) is 8.51. The van der Waals surface area contributed by atoms with E-state index in [0.29, 0.717) is 5.56 Å². The summed E-state index contributed by atoms with van der Waals surface area (Å²) in [4.78, 5) is 4.01. The van der Waals surface area contributed by atoms with Crippen LogP contribution in [-0.4, -0.2) is 9.55 Å². The molecule has 0 saturated heterocycles. The van der Waals surface area contributed by atoms with Gasteiger partial charge in [-0.1, -0.05) is 6.92 Å². The Bertz CT molecular complexity index is 492. The Morgan fingerprint density at radius 1 is 1.47 bits per heavy atom. The molecule has 74 valence electrons. The van der Waals surface area contributed by atoms with Crippen LogP contribution in [0.2, 0.25) is 0 Å². The molecule has 0 spiro atoms. The fourth-order valence-corrected chi connectivity index (χ4v) is 1.59. The number of hydrogen-bond donors (Lipinski definition) is 0. The lowest BCUT2D eigenvalue weighted by atomic mass is 10.1. The third kappa shape index (κ3) is 1.75. The highest BCUT2D eigenvalue weighted by Gasteiger charge is 2.03. The summed E-state index contributed by atoms with van der Waals surface area (Å²) in [7, 11) is 0. The summed E-state index contributed by atoms with van der Waals surface area (Å²) < 4.78 is 1.96. The van der Waals surface area contributed by atoms with Gasteiger partial charge in [0, 0.05) is 18.1 Å². The molecule has 0 amide bonds. The molecular weight excluding hydrogens is 186 g/mol. The van der Waals surface area contributed by atoms with Crippen molar-refractivity contribution in [3.8, 4) is 11.8 Å². The van der Waals surface area contributed by atoms with Gasteiger partial charge in [-0.05, 0) is 30.2 Å². The average molecular weight is 197 g/mol. The summed E-state index contributed by atoms with van der Waals surface area (Å²) in [5, 5.41) is 8.81. The standard InChI is InChI=1S/C12H11N3/c1-2-11-7-10(8-13)3-4-12(11)15-6-5-14-9-15/h3-7,9H,2H2,1H3. The summed E-state index contributed by atoms with van der Waals surface area (Å²) in [6.45, 7) is 2.08. The smallest absolute Gasteiger partial charge is 0.0991 e. The van der Waals surface area contributed by atoms with Crippen LogP contribution < -0.4 is 0 Å². The fourth-order valence-electron chi connectivity index (χ4n) is 1.59. The van der Waals surface area contributed by atoms with Crippen LogP contribution in [0.15, 0.2) is 36.9 Å². The van der Waals surface area contributed by atoms with Crippen molar-refractivity contribution in [1.82, 2.24) is 9.55 Å². The molecule has 2 aromatic rings. The van der Waals surface area contributed by atoms with Gasteiger partial charge in [-0.25, -0.2) is 4.98 Å². The number of imidazole rings is 1. The maximum Gasteiger partial charge on any atom is 0.0991 e. The van der Waals surface area contributed by atoms with E-state index in [4.69, 9.17) is 5.26 Å². The molecule has 0 atom stereocenters. The first-order valence-electron chi connectivity index (χ1n) is 4.86. The van der Waals surface area contributed by atoms with Crippen molar-refractivity contribution < 1.29 is 0 Å². The lowest BCUT2D eigenvalue weighted by Gasteiger charge is -2.08. The van der Waals surface area contributed by atoms with Crippen LogP contribution in [0, 0.1) is 11.3 Å². The van der Waals surface area contributed by atoms with Crippen LogP contribution in [0.3, 0.4) is 0 Å². The second kappa shape index (κ2) is 3.97. The van der Waals surface area contributed by atoms with Gasteiger partial charge in [0.15, 0.2) is 0 Å². The van der Waals surface area contributed by atoms with Gasteiger partial charge in [-0.2, -0.15) is 5.26 Å². The van der Waals surface area contributed by atoms with E-state index in [1.807, 2.05) is 29.0 Å². The van der Waals surface area contributed by atoms with Gasteiger partial charge < -0.3 is 4.57 Å². The van der Waals surface area contributed by atoms with Gasteiger partial charge >= 0.3 is 0 Å². The van der Waals surface area contributed by atoms with Crippen molar-refractivity contribution in [2.75, 3.05) is 0 Å². The molecule has 3 heteroatoms. The average Bonchev–Trinajstić information content (AvgIpc) is 2.81. The SMILES string of the molecule is CCc1cc(C#N)ccc1-n1ccnc1. The van der Waals surface area contributed by atoms with Crippen LogP contribution >= 0.6 is 0 Å². The van der Waals surface area contributed by atoms with Crippen LogP contribution in [0.5, 0.6) is 0 Å². The first-order chi connectivity index (χ1) is 7.35. The number of nitriles is 1. The molecule has 0 N–H and O–H groups in total. The summed E-state index contributed by atoms with van der Waals surface area (Å²) >= 11 is 0. The van der Waals surface area contributed by atoms with Gasteiger partial charge in [0.25, 0.3) is 0 Å². The molecule has 0 unspecified atom stereocenters. The molecule has 0 aliphatic heterocycles. The number of aromatic nitrogens is 2. The molecule has 2 rings (SSSR count). The molecule has 3 nitrogen and oxygen atoms in total. The lowest BCUT2D eigenvalue weighted by molar-refractivity contribution is 1.00. The van der Waals surface area contributed by atoms with E-state index in [1.165, 1.54) is 0 Å². The van der Waals surface area contributed by atoms with Crippen LogP contribution in [0.25, 0.3) is 5.69 Å². The fraction of sp³-hybridized carbons (Fsp3) is 0.167. The van der Waals surface area contributed by atoms with Gasteiger partial charge in [-0.3, -0.25) is 0 Å². The Morgan fingerprint density at radius 3 is 2.93 bits per heavy atom. The quantitative estimate of drug-likeness (QED) is 0.741. The van der Waals surface area contributed by atoms with E-state index in [2.05, 4.69) is 18.0 Å². The molecule has 1 aromatic heterocycles. The number of nitrogens with zero attached hydrogens (tertiary/aromatic N) is 3. The predicted molar refractivity (Wildman–Crippen MR) is 57.7 cm³/mol. The molecule has 0 radical (unpaired) electrons. The maximum absolute atomic E-state index is 8.81. The number of aryl methyl sites for hydroxylation is 1. The molecule has 15 heavy (non-hydrogen) atoms. The summed E-state index contributed by atoms with van der Waals surface area (Å²) in [6.07, 6.45) is 6.32. The first-order valence-corrected chi connectivity index (χ1v) is 4.86. The van der Waals surface area contributed by atoms with Crippen molar-refractivity contribution in [1.29, 1.82) is 5.26 Å². The molecule has 0 fully saturated rings. The largest absolute Gasteiger partial charge is 0.306 e. The summed E-state index contributed by atoms with van der Waals surface area (Å²) in [5.41, 5.74) is 2.96. The van der Waals surface area contributed by atoms with Gasteiger partial charge in [0.05, 0.1) is 18.0 Å². The molecule has 1 heterocycles. The monoisotopic (exact) mass is 197 g/mol. The molecule has 1 aromatic carbocycles. The minimum Gasteiger partial charge on any atom is -0.306 e. The summed E-state index contributed by atoms with van der Waals surface area (Å²) in [5.74, 6) is 0. The Morgan fingerprint density at radius 2 is 2.33 bits per heavy atom. The number of hydrogen-bond acceptors (Lipinski definition) is 2. The Hall–Kier alpha value is -2.08. The molecule has 0 bridgehead atoms. The van der Waals surface area contributed by atoms with Crippen molar-refractivity contribution in [3.63, 3.8) is 0 Å². The highest BCUT2D eigenvalue weighted by Crippen LogP contribution is 2.16. The highest BCUT2D eigenvalue weighted by atomic mass is 15.0. The zero-order valence-corrected chi connectivity index (χ0v) is 8.51. The van der Waals surface area contributed by atoms with E-state index in [-0.39, 0.29) is 0 Å². The molecule has 0 aliphatic rings. The lowest BCUT2D eigenvalue weighted by Crippen LogP contribution is -1.96. The van der Waals surface area contributed by atoms with Crippen molar-refractivity contribution in [2.45, 2.75) is 13.3 Å². The Kier molecular flexibility index (Phi) is 2.51. The highest BCUT2D eigenvalue weighted by molar-refractivity contribution is 5.46. The van der Waals surface area contributed by atoms with Crippen LogP contribution in [0.4, 0.5) is 0 Å². The van der Waals surface area contributed by atoms with E-state index in [1.54, 1.807) is 12.5 Å². The van der Waals surface area contributed by atoms with E-state index in [0.717, 1.165) is 17.7 Å². The van der Waals surface area contributed by atoms with Gasteiger partial charge in [0.1, 0.15) is 0 Å². The normalized spacial score (nSPS) is 9.87. The van der Waals surface area contributed by atoms with Crippen LogP contribution in [-0.2, 0) is 6.42 Å². The number of rotatable bonds is 2. The number of benzene rings is 1. The first kappa shape index (κ1) is 9.47. The van der Waals surface area contributed by atoms with E-state index in [9.17, 15) is 0 Å².